The van der Waals surface area contributed by atoms with Crippen molar-refractivity contribution in [3.05, 3.63) is 122 Å². The zero-order valence-corrected chi connectivity index (χ0v) is 50.2. The first kappa shape index (κ1) is 72.8. The van der Waals surface area contributed by atoms with Gasteiger partial charge in [-0.15, -0.1) is 0 Å². The molecule has 438 valence electrons. The molecule has 6 heteroatoms. The molecule has 0 fully saturated rings. The van der Waals surface area contributed by atoms with E-state index in [1.54, 1.807) is 0 Å². The molecular formula is C71H118O6. The summed E-state index contributed by atoms with van der Waals surface area (Å²) >= 11 is 0. The summed E-state index contributed by atoms with van der Waals surface area (Å²) in [7, 11) is 0. The second-order valence-electron chi connectivity index (χ2n) is 20.9. The number of esters is 3. The van der Waals surface area contributed by atoms with Crippen molar-refractivity contribution >= 4 is 17.9 Å². The van der Waals surface area contributed by atoms with Gasteiger partial charge in [0, 0.05) is 19.3 Å². The van der Waals surface area contributed by atoms with Gasteiger partial charge in [-0.1, -0.05) is 271 Å². The third-order valence-corrected chi connectivity index (χ3v) is 13.4. The highest BCUT2D eigenvalue weighted by atomic mass is 16.6. The number of allylic oxidation sites excluding steroid dienone is 20. The molecule has 0 radical (unpaired) electrons. The molecule has 0 amide bonds. The first-order valence-electron chi connectivity index (χ1n) is 32.0. The van der Waals surface area contributed by atoms with Gasteiger partial charge in [0.25, 0.3) is 0 Å². The van der Waals surface area contributed by atoms with Crippen LogP contribution in [0.3, 0.4) is 0 Å². The molecule has 1 atom stereocenters. The lowest BCUT2D eigenvalue weighted by Crippen LogP contribution is -2.30. The Kier molecular flexibility index (Phi) is 60.8. The van der Waals surface area contributed by atoms with Gasteiger partial charge in [-0.2, -0.15) is 0 Å². The molecule has 1 unspecified atom stereocenters. The molecule has 0 spiro atoms. The molecule has 0 aliphatic rings. The Morgan fingerprint density at radius 1 is 0.260 bits per heavy atom. The topological polar surface area (TPSA) is 78.9 Å². The molecular weight excluding hydrogens is 949 g/mol. The molecule has 0 rings (SSSR count). The van der Waals surface area contributed by atoms with Gasteiger partial charge in [0.15, 0.2) is 6.10 Å². The van der Waals surface area contributed by atoms with Crippen LogP contribution in [0.15, 0.2) is 122 Å². The van der Waals surface area contributed by atoms with E-state index in [0.29, 0.717) is 19.3 Å². The molecule has 0 aromatic carbocycles. The van der Waals surface area contributed by atoms with Crippen molar-refractivity contribution in [2.24, 2.45) is 0 Å². The van der Waals surface area contributed by atoms with Gasteiger partial charge in [0.2, 0.25) is 0 Å². The van der Waals surface area contributed by atoms with Gasteiger partial charge in [0.05, 0.1) is 0 Å². The predicted octanol–water partition coefficient (Wildman–Crippen LogP) is 22.0. The van der Waals surface area contributed by atoms with E-state index < -0.39 is 6.10 Å². The molecule has 0 saturated heterocycles. The fourth-order valence-electron chi connectivity index (χ4n) is 8.76. The maximum absolute atomic E-state index is 12.9. The molecule has 0 aromatic heterocycles. The summed E-state index contributed by atoms with van der Waals surface area (Å²) in [6.07, 6.45) is 89.2. The number of rotatable bonds is 57. The summed E-state index contributed by atoms with van der Waals surface area (Å²) in [5.74, 6) is -0.912. The maximum Gasteiger partial charge on any atom is 0.306 e. The average molecular weight is 1070 g/mol. The van der Waals surface area contributed by atoms with E-state index in [1.165, 1.54) is 103 Å². The van der Waals surface area contributed by atoms with Crippen LogP contribution in [0, 0.1) is 0 Å². The molecule has 0 N–H and O–H groups in total. The van der Waals surface area contributed by atoms with Crippen molar-refractivity contribution in [3.8, 4) is 0 Å². The Morgan fingerprint density at radius 2 is 0.468 bits per heavy atom. The standard InChI is InChI=1S/C71H118O6/c1-4-7-10-13-16-19-22-25-28-30-31-32-33-34-35-36-37-38-39-41-43-46-49-52-55-58-61-64-70(73)76-67-68(66-75-69(72)63-60-57-54-51-48-45-42-27-24-21-18-15-12-9-6-3)77-71(74)65-62-59-56-53-50-47-44-40-29-26-23-20-17-14-11-8-5-2/h7-12,16-21,25-29,31-32,42,68H,4-6,13-15,22-24,30,33-41,43-67H2,1-3H3/b10-7-,11-8-,12-9-,19-16-,20-17-,21-18-,28-25-,29-26-,32-31-,42-27-. The summed E-state index contributed by atoms with van der Waals surface area (Å²) in [4.78, 5) is 38.3. The second-order valence-corrected chi connectivity index (χ2v) is 20.9. The Morgan fingerprint density at radius 3 is 0.727 bits per heavy atom. The lowest BCUT2D eigenvalue weighted by atomic mass is 10.0. The number of unbranched alkanes of at least 4 members (excludes halogenated alkanes) is 26. The fourth-order valence-corrected chi connectivity index (χ4v) is 8.76. The number of carbonyl (C=O) groups excluding carboxylic acids is 3. The number of ether oxygens (including phenoxy) is 3. The van der Waals surface area contributed by atoms with Crippen LogP contribution in [0.2, 0.25) is 0 Å². The highest BCUT2D eigenvalue weighted by molar-refractivity contribution is 5.71. The molecule has 0 bridgehead atoms. The monoisotopic (exact) mass is 1070 g/mol. The summed E-state index contributed by atoms with van der Waals surface area (Å²) in [5.41, 5.74) is 0. The van der Waals surface area contributed by atoms with Crippen LogP contribution >= 0.6 is 0 Å². The predicted molar refractivity (Wildman–Crippen MR) is 334 cm³/mol. The second kappa shape index (κ2) is 64.3. The van der Waals surface area contributed by atoms with E-state index in [2.05, 4.69) is 142 Å². The average Bonchev–Trinajstić information content (AvgIpc) is 3.43. The minimum Gasteiger partial charge on any atom is -0.462 e. The largest absolute Gasteiger partial charge is 0.462 e. The van der Waals surface area contributed by atoms with Crippen LogP contribution in [-0.4, -0.2) is 37.2 Å². The molecule has 77 heavy (non-hydrogen) atoms. The van der Waals surface area contributed by atoms with E-state index in [1.807, 2.05) is 0 Å². The van der Waals surface area contributed by atoms with Crippen LogP contribution in [0.4, 0.5) is 0 Å². The van der Waals surface area contributed by atoms with Crippen LogP contribution in [0.5, 0.6) is 0 Å². The highest BCUT2D eigenvalue weighted by Gasteiger charge is 2.19. The van der Waals surface area contributed by atoms with E-state index in [0.717, 1.165) is 148 Å². The Bertz CT molecular complexity index is 1600. The molecule has 0 aliphatic carbocycles. The van der Waals surface area contributed by atoms with Crippen LogP contribution in [-0.2, 0) is 28.6 Å². The minimum absolute atomic E-state index is 0.0892. The Labute approximate surface area is 475 Å². The highest BCUT2D eigenvalue weighted by Crippen LogP contribution is 2.16. The number of hydrogen-bond donors (Lipinski definition) is 0. The minimum atomic E-state index is -0.795. The van der Waals surface area contributed by atoms with Gasteiger partial charge >= 0.3 is 17.9 Å². The molecule has 0 heterocycles. The Balaban J connectivity index is 4.32. The van der Waals surface area contributed by atoms with Gasteiger partial charge in [-0.3, -0.25) is 14.4 Å². The zero-order valence-electron chi connectivity index (χ0n) is 50.2. The molecule has 0 aliphatic heterocycles. The van der Waals surface area contributed by atoms with Crippen molar-refractivity contribution in [2.75, 3.05) is 13.2 Å². The third-order valence-electron chi connectivity index (χ3n) is 13.4. The van der Waals surface area contributed by atoms with Crippen molar-refractivity contribution in [3.63, 3.8) is 0 Å². The Hall–Kier alpha value is -4.19. The SMILES string of the molecule is CC/C=C\C/C=C\C/C=C\C/C=C\CCCCCCCCCCCCCCCCC(=O)OCC(COC(=O)CCCCCCC/C=C\C/C=C\C/C=C\CC)OC(=O)CCCCCCCCC/C=C\C/C=C\C/C=C\CC. The van der Waals surface area contributed by atoms with Crippen LogP contribution in [0.1, 0.15) is 290 Å². The first-order chi connectivity index (χ1) is 38.0. The van der Waals surface area contributed by atoms with Gasteiger partial charge in [-0.25, -0.2) is 0 Å². The van der Waals surface area contributed by atoms with Crippen LogP contribution < -0.4 is 0 Å². The van der Waals surface area contributed by atoms with E-state index in [-0.39, 0.29) is 31.1 Å². The molecule has 6 nitrogen and oxygen atoms in total. The number of hydrogen-bond acceptors (Lipinski definition) is 6. The van der Waals surface area contributed by atoms with E-state index >= 15 is 0 Å². The van der Waals surface area contributed by atoms with Crippen molar-refractivity contribution in [1.82, 2.24) is 0 Å². The number of carbonyl (C=O) groups is 3. The summed E-state index contributed by atoms with van der Waals surface area (Å²) in [6, 6.07) is 0. The first-order valence-corrected chi connectivity index (χ1v) is 32.0. The van der Waals surface area contributed by atoms with Gasteiger partial charge in [0.1, 0.15) is 13.2 Å². The van der Waals surface area contributed by atoms with E-state index in [4.69, 9.17) is 14.2 Å². The van der Waals surface area contributed by atoms with Crippen molar-refractivity contribution in [2.45, 2.75) is 297 Å². The van der Waals surface area contributed by atoms with E-state index in [9.17, 15) is 14.4 Å². The smallest absolute Gasteiger partial charge is 0.306 e. The summed E-state index contributed by atoms with van der Waals surface area (Å²) in [6.45, 7) is 6.30. The van der Waals surface area contributed by atoms with Crippen molar-refractivity contribution in [1.29, 1.82) is 0 Å². The fraction of sp³-hybridized carbons (Fsp3) is 0.676. The summed E-state index contributed by atoms with van der Waals surface area (Å²) < 4.78 is 16.9. The van der Waals surface area contributed by atoms with Crippen LogP contribution in [0.25, 0.3) is 0 Å². The van der Waals surface area contributed by atoms with Crippen molar-refractivity contribution < 1.29 is 28.6 Å². The normalized spacial score (nSPS) is 12.9. The van der Waals surface area contributed by atoms with Gasteiger partial charge < -0.3 is 14.2 Å². The van der Waals surface area contributed by atoms with Gasteiger partial charge in [-0.05, 0) is 122 Å². The quantitative estimate of drug-likeness (QED) is 0.0261. The zero-order chi connectivity index (χ0) is 55.7. The third kappa shape index (κ3) is 62.5. The lowest BCUT2D eigenvalue weighted by molar-refractivity contribution is -0.167. The lowest BCUT2D eigenvalue weighted by Gasteiger charge is -2.18. The maximum atomic E-state index is 12.9. The summed E-state index contributed by atoms with van der Waals surface area (Å²) in [5, 5.41) is 0. The molecule has 0 aromatic rings. The molecule has 0 saturated carbocycles.